The number of nitrogens with zero attached hydrogens (tertiary/aromatic N) is 7. The predicted molar refractivity (Wildman–Crippen MR) is 173 cm³/mol. The molecule has 17 nitrogen and oxygen atoms in total. The number of hydrogen-bond acceptors (Lipinski definition) is 13. The predicted octanol–water partition coefficient (Wildman–Crippen LogP) is 2.34. The molecule has 2 N–H and O–H groups in total. The normalized spacial score (nSPS) is 11.6. The van der Waals surface area contributed by atoms with Crippen molar-refractivity contribution in [3.05, 3.63) is 86.7 Å². The number of alkyl halides is 3. The Labute approximate surface area is 286 Å². The topological polar surface area (TPSA) is 203 Å². The third kappa shape index (κ3) is 7.22. The van der Waals surface area contributed by atoms with Gasteiger partial charge in [0, 0.05) is 73.4 Å². The number of carbonyl (C=O) groups is 1. The Morgan fingerprint density at radius 3 is 2.18 bits per heavy atom. The SMILES string of the molecule is COc1cc(Nc2ncc(-c3cnc(OC)c(C(=O)NS(=O)(=O)c4cn(C)c(=O)n(C)c4=O)c3)c(-n3nc(C(F)(F)F)cc3C)n2)cc(OC)c1. The molecule has 0 radical (unpaired) electrons. The zero-order valence-electron chi connectivity index (χ0n) is 27.6. The highest BCUT2D eigenvalue weighted by Gasteiger charge is 2.35. The van der Waals surface area contributed by atoms with Gasteiger partial charge in [-0.2, -0.15) is 23.3 Å². The summed E-state index contributed by atoms with van der Waals surface area (Å²) >= 11 is 0. The lowest BCUT2D eigenvalue weighted by atomic mass is 10.1. The Balaban J connectivity index is 1.63. The van der Waals surface area contributed by atoms with Gasteiger partial charge in [0.25, 0.3) is 21.5 Å². The first-order valence-electron chi connectivity index (χ1n) is 14.4. The van der Waals surface area contributed by atoms with Crippen LogP contribution in [0.5, 0.6) is 17.4 Å². The maximum absolute atomic E-state index is 13.7. The van der Waals surface area contributed by atoms with Gasteiger partial charge in [0.2, 0.25) is 11.8 Å². The molecule has 4 heterocycles. The molecule has 0 saturated carbocycles. The number of aromatic nitrogens is 7. The van der Waals surface area contributed by atoms with Crippen molar-refractivity contribution in [2.24, 2.45) is 14.1 Å². The van der Waals surface area contributed by atoms with E-state index in [9.17, 15) is 36.0 Å². The molecule has 0 fully saturated rings. The van der Waals surface area contributed by atoms with Gasteiger partial charge in [0.05, 0.1) is 21.3 Å². The molecule has 51 heavy (non-hydrogen) atoms. The summed E-state index contributed by atoms with van der Waals surface area (Å²) < 4.78 is 87.3. The fourth-order valence-corrected chi connectivity index (χ4v) is 5.88. The van der Waals surface area contributed by atoms with Crippen LogP contribution in [-0.4, -0.2) is 69.5 Å². The Morgan fingerprint density at radius 2 is 1.59 bits per heavy atom. The lowest BCUT2D eigenvalue weighted by Gasteiger charge is -2.15. The third-order valence-electron chi connectivity index (χ3n) is 7.29. The first kappa shape index (κ1) is 36.0. The quantitative estimate of drug-likeness (QED) is 0.212. The second kappa shape index (κ2) is 13.6. The highest BCUT2D eigenvalue weighted by Crippen LogP contribution is 2.34. The zero-order valence-corrected chi connectivity index (χ0v) is 28.4. The van der Waals surface area contributed by atoms with E-state index in [0.29, 0.717) is 21.8 Å². The van der Waals surface area contributed by atoms with Gasteiger partial charge in [-0.1, -0.05) is 0 Å². The highest BCUT2D eigenvalue weighted by atomic mass is 32.2. The van der Waals surface area contributed by atoms with Gasteiger partial charge >= 0.3 is 11.9 Å². The first-order valence-corrected chi connectivity index (χ1v) is 15.8. The molecular formula is C30H28F3N9O8S. The highest BCUT2D eigenvalue weighted by molar-refractivity contribution is 7.90. The van der Waals surface area contributed by atoms with Crippen LogP contribution in [0, 0.1) is 6.92 Å². The molecule has 1 amide bonds. The molecule has 0 aliphatic rings. The van der Waals surface area contributed by atoms with Gasteiger partial charge < -0.3 is 24.1 Å². The number of methoxy groups -OCH3 is 3. The third-order valence-corrected chi connectivity index (χ3v) is 8.60. The molecule has 0 bridgehead atoms. The Hall–Kier alpha value is -6.25. The molecule has 4 aromatic heterocycles. The summed E-state index contributed by atoms with van der Waals surface area (Å²) in [6, 6.07) is 6.76. The fraction of sp³-hybridized carbons (Fsp3) is 0.233. The molecular weight excluding hydrogens is 703 g/mol. The van der Waals surface area contributed by atoms with E-state index in [1.807, 2.05) is 0 Å². The second-order valence-corrected chi connectivity index (χ2v) is 12.4. The second-order valence-electron chi connectivity index (χ2n) is 10.7. The Bertz CT molecular complexity index is 2390. The molecule has 0 atom stereocenters. The van der Waals surface area contributed by atoms with E-state index in [0.717, 1.165) is 41.7 Å². The number of ether oxygens (including phenoxy) is 3. The number of aryl methyl sites for hydroxylation is 2. The van der Waals surface area contributed by atoms with Crippen molar-refractivity contribution >= 4 is 27.6 Å². The van der Waals surface area contributed by atoms with Crippen LogP contribution in [0.25, 0.3) is 16.9 Å². The summed E-state index contributed by atoms with van der Waals surface area (Å²) in [5.41, 5.74) is -3.18. The minimum Gasteiger partial charge on any atom is -0.497 e. The van der Waals surface area contributed by atoms with E-state index >= 15 is 0 Å². The lowest BCUT2D eigenvalue weighted by molar-refractivity contribution is -0.141. The van der Waals surface area contributed by atoms with Crippen LogP contribution in [0.1, 0.15) is 21.7 Å². The smallest absolute Gasteiger partial charge is 0.435 e. The average molecular weight is 732 g/mol. The van der Waals surface area contributed by atoms with Gasteiger partial charge in [0.15, 0.2) is 16.4 Å². The van der Waals surface area contributed by atoms with Crippen LogP contribution in [0.2, 0.25) is 0 Å². The van der Waals surface area contributed by atoms with Crippen molar-refractivity contribution in [1.82, 2.24) is 38.6 Å². The van der Waals surface area contributed by atoms with E-state index in [-0.39, 0.29) is 34.5 Å². The van der Waals surface area contributed by atoms with Crippen molar-refractivity contribution < 1.29 is 40.6 Å². The number of nitrogens with one attached hydrogen (secondary N) is 2. The van der Waals surface area contributed by atoms with E-state index in [2.05, 4.69) is 25.4 Å². The number of hydrogen-bond donors (Lipinski definition) is 2. The monoisotopic (exact) mass is 731 g/mol. The van der Waals surface area contributed by atoms with Crippen LogP contribution >= 0.6 is 0 Å². The molecule has 268 valence electrons. The van der Waals surface area contributed by atoms with Crippen LogP contribution in [0.3, 0.4) is 0 Å². The molecule has 5 rings (SSSR count). The molecule has 0 unspecified atom stereocenters. The van der Waals surface area contributed by atoms with Crippen LogP contribution < -0.4 is 35.5 Å². The van der Waals surface area contributed by atoms with Crippen LogP contribution in [-0.2, 0) is 30.3 Å². The molecule has 0 saturated heterocycles. The summed E-state index contributed by atoms with van der Waals surface area (Å²) in [7, 11) is 1.46. The molecule has 21 heteroatoms. The number of halogens is 3. The molecule has 0 aliphatic carbocycles. The zero-order chi connectivity index (χ0) is 37.4. The van der Waals surface area contributed by atoms with Gasteiger partial charge in [0.1, 0.15) is 17.1 Å². The minimum atomic E-state index is -4.86. The summed E-state index contributed by atoms with van der Waals surface area (Å²) in [5, 5.41) is 6.66. The van der Waals surface area contributed by atoms with Gasteiger partial charge in [-0.3, -0.25) is 14.2 Å². The summed E-state index contributed by atoms with van der Waals surface area (Å²) in [6.45, 7) is 1.37. The molecule has 1 aromatic carbocycles. The number of pyridine rings is 1. The van der Waals surface area contributed by atoms with Crippen molar-refractivity contribution in [3.8, 4) is 34.3 Å². The lowest BCUT2D eigenvalue weighted by Crippen LogP contribution is -2.42. The number of benzene rings is 1. The van der Waals surface area contributed by atoms with Crippen LogP contribution in [0.15, 0.2) is 63.4 Å². The number of sulfonamides is 1. The summed E-state index contributed by atoms with van der Waals surface area (Å²) in [4.78, 5) is 50.0. The largest absolute Gasteiger partial charge is 0.497 e. The van der Waals surface area contributed by atoms with Gasteiger partial charge in [-0.15, -0.1) is 0 Å². The molecule has 5 aromatic rings. The number of rotatable bonds is 10. The van der Waals surface area contributed by atoms with Crippen molar-refractivity contribution in [2.45, 2.75) is 18.0 Å². The number of amides is 1. The van der Waals surface area contributed by atoms with E-state index in [4.69, 9.17) is 14.2 Å². The summed E-state index contributed by atoms with van der Waals surface area (Å²) in [6.07, 6.45) is -1.62. The van der Waals surface area contributed by atoms with E-state index in [1.54, 1.807) is 22.9 Å². The van der Waals surface area contributed by atoms with Gasteiger partial charge in [-0.25, -0.2) is 32.6 Å². The molecule has 0 aliphatic heterocycles. The molecule has 0 spiro atoms. The van der Waals surface area contributed by atoms with E-state index in [1.165, 1.54) is 40.6 Å². The van der Waals surface area contributed by atoms with Crippen molar-refractivity contribution in [3.63, 3.8) is 0 Å². The number of carbonyl (C=O) groups excluding carboxylic acids is 1. The maximum Gasteiger partial charge on any atom is 0.435 e. The van der Waals surface area contributed by atoms with Crippen molar-refractivity contribution in [2.75, 3.05) is 26.6 Å². The first-order chi connectivity index (χ1) is 24.0. The van der Waals surface area contributed by atoms with Gasteiger partial charge in [-0.05, 0) is 19.1 Å². The standard InChI is InChI=1S/C30H28F3N9O8S/c1-15-7-23(30(31,32)33)38-42(15)24-21(13-35-28(37-24)36-17-9-18(48-4)11-19(10-17)49-5)16-8-20(26(50-6)34-12-16)25(43)39-51(46,47)22-14-40(2)29(45)41(3)27(22)44/h7-14H,1-6H3,(H,39,43)(H,35,36,37). The van der Waals surface area contributed by atoms with E-state index < -0.39 is 49.5 Å². The average Bonchev–Trinajstić information content (AvgIpc) is 3.50. The van der Waals surface area contributed by atoms with Crippen molar-refractivity contribution in [1.29, 1.82) is 0 Å². The Morgan fingerprint density at radius 1 is 0.922 bits per heavy atom. The summed E-state index contributed by atoms with van der Waals surface area (Å²) in [5.74, 6) is -1.08. The van der Waals surface area contributed by atoms with Crippen LogP contribution in [0.4, 0.5) is 24.8 Å². The minimum absolute atomic E-state index is 0.0164. The maximum atomic E-state index is 13.7. The number of anilines is 2. The Kier molecular flexibility index (Phi) is 9.59. The fourth-order valence-electron chi connectivity index (χ4n) is 4.75.